The molecule has 3 amide bonds. The van der Waals surface area contributed by atoms with Crippen molar-refractivity contribution in [3.63, 3.8) is 0 Å². The molecular weight excluding hydrogens is 449 g/mol. The average Bonchev–Trinajstić information content (AvgIpc) is 3.02. The summed E-state index contributed by atoms with van der Waals surface area (Å²) >= 11 is 0. The number of benzene rings is 1. The number of carbonyl (C=O) groups excluding carboxylic acids is 2. The first-order valence-corrected chi connectivity index (χ1v) is 9.62. The molecule has 14 heteroatoms. The van der Waals surface area contributed by atoms with Crippen molar-refractivity contribution >= 4 is 29.7 Å². The van der Waals surface area contributed by atoms with E-state index < -0.39 is 58.5 Å². The molecule has 0 radical (unpaired) electrons. The first-order chi connectivity index (χ1) is 15.3. The Hall–Kier alpha value is -3.81. The van der Waals surface area contributed by atoms with Crippen molar-refractivity contribution in [2.75, 3.05) is 11.4 Å². The Morgan fingerprint density at radius 3 is 2.58 bits per heavy atom. The highest BCUT2D eigenvalue weighted by Crippen LogP contribution is 2.41. The number of carbonyl (C=O) groups is 3. The van der Waals surface area contributed by atoms with Gasteiger partial charge in [0.2, 0.25) is 5.96 Å². The molecule has 2 atom stereocenters. The summed E-state index contributed by atoms with van der Waals surface area (Å²) in [5, 5.41) is 11.7. The second-order valence-electron chi connectivity index (χ2n) is 7.64. The molecule has 0 aliphatic carbocycles. The highest BCUT2D eigenvalue weighted by Gasteiger charge is 2.46. The number of nitrogens with two attached hydrogens (primary N) is 2. The van der Waals surface area contributed by atoms with Crippen molar-refractivity contribution in [1.82, 2.24) is 10.2 Å². The van der Waals surface area contributed by atoms with Gasteiger partial charge in [0.15, 0.2) is 5.76 Å². The first kappa shape index (κ1) is 23.8. The standard InChI is InChI=1S/C19H21F3N6O5/c1-3-18(2)8-27(16(30)26-18)15-25-7-11(33-17(31)32)13(23)28(15)12-9(14(24)29)5-4-6-10(12)19(20,21)22/h4-7,13H,3,8,23H2,1-2H3,(H2,24,29)(H,26,30)(H,31,32). The second-order valence-corrected chi connectivity index (χ2v) is 7.64. The molecular formula is C19H21F3N6O5. The van der Waals surface area contributed by atoms with Gasteiger partial charge in [0.05, 0.1) is 35.1 Å². The first-order valence-electron chi connectivity index (χ1n) is 9.62. The van der Waals surface area contributed by atoms with Gasteiger partial charge in [0.1, 0.15) is 6.17 Å². The van der Waals surface area contributed by atoms with E-state index in [-0.39, 0.29) is 12.5 Å². The number of hydrogen-bond donors (Lipinski definition) is 4. The van der Waals surface area contributed by atoms with E-state index in [0.717, 1.165) is 28.1 Å². The fourth-order valence-corrected chi connectivity index (χ4v) is 3.52. The normalized spacial score (nSPS) is 23.1. The van der Waals surface area contributed by atoms with Crippen LogP contribution in [0.1, 0.15) is 36.2 Å². The summed E-state index contributed by atoms with van der Waals surface area (Å²) in [6.45, 7) is 3.54. The zero-order valence-corrected chi connectivity index (χ0v) is 17.5. The number of halogens is 3. The number of nitrogens with one attached hydrogen (secondary N) is 1. The summed E-state index contributed by atoms with van der Waals surface area (Å²) in [5.41, 5.74) is 8.06. The van der Waals surface area contributed by atoms with Gasteiger partial charge >= 0.3 is 18.4 Å². The maximum absolute atomic E-state index is 13.9. The van der Waals surface area contributed by atoms with E-state index in [1.165, 1.54) is 0 Å². The molecule has 178 valence electrons. The summed E-state index contributed by atoms with van der Waals surface area (Å²) in [6, 6.07) is 2.06. The number of alkyl halides is 3. The minimum Gasteiger partial charge on any atom is -0.449 e. The van der Waals surface area contributed by atoms with Crippen molar-refractivity contribution in [2.45, 2.75) is 38.1 Å². The van der Waals surface area contributed by atoms with Crippen molar-refractivity contribution in [1.29, 1.82) is 0 Å². The molecule has 6 N–H and O–H groups in total. The molecule has 0 saturated carbocycles. The third-order valence-corrected chi connectivity index (χ3v) is 5.33. The number of guanidine groups is 1. The highest BCUT2D eigenvalue weighted by atomic mass is 19.4. The van der Waals surface area contributed by atoms with E-state index >= 15 is 0 Å². The molecule has 1 aromatic carbocycles. The minimum atomic E-state index is -4.97. The number of ether oxygens (including phenoxy) is 1. The Morgan fingerprint density at radius 1 is 1.39 bits per heavy atom. The van der Waals surface area contributed by atoms with Crippen LogP contribution < -0.4 is 21.7 Å². The van der Waals surface area contributed by atoms with Crippen molar-refractivity contribution in [3.8, 4) is 0 Å². The van der Waals surface area contributed by atoms with E-state index in [4.69, 9.17) is 16.6 Å². The third-order valence-electron chi connectivity index (χ3n) is 5.33. The number of nitrogens with zero attached hydrogens (tertiary/aromatic N) is 3. The van der Waals surface area contributed by atoms with Crippen LogP contribution >= 0.6 is 0 Å². The van der Waals surface area contributed by atoms with Gasteiger partial charge in [-0.25, -0.2) is 14.6 Å². The van der Waals surface area contributed by atoms with Gasteiger partial charge in [-0.15, -0.1) is 0 Å². The van der Waals surface area contributed by atoms with E-state index in [9.17, 15) is 27.6 Å². The smallest absolute Gasteiger partial charge is 0.449 e. The zero-order valence-electron chi connectivity index (χ0n) is 17.5. The number of hydrogen-bond acceptors (Lipinski definition) is 7. The number of urea groups is 1. The van der Waals surface area contributed by atoms with E-state index in [2.05, 4.69) is 15.0 Å². The molecule has 1 fully saturated rings. The van der Waals surface area contributed by atoms with Gasteiger partial charge in [-0.3, -0.25) is 14.6 Å². The number of anilines is 1. The van der Waals surface area contributed by atoms with Crippen molar-refractivity contribution < 1.29 is 37.4 Å². The minimum absolute atomic E-state index is 0.00738. The lowest BCUT2D eigenvalue weighted by Crippen LogP contribution is -2.57. The lowest BCUT2D eigenvalue weighted by molar-refractivity contribution is -0.137. The number of primary amides is 1. The molecule has 2 aliphatic rings. The quantitative estimate of drug-likeness (QED) is 0.489. The van der Waals surface area contributed by atoms with E-state index in [1.54, 1.807) is 13.8 Å². The van der Waals surface area contributed by atoms with Crippen LogP contribution in [0.5, 0.6) is 0 Å². The summed E-state index contributed by atoms with van der Waals surface area (Å²) in [7, 11) is 0. The molecule has 1 aromatic rings. The van der Waals surface area contributed by atoms with Crippen LogP contribution in [0.3, 0.4) is 0 Å². The highest BCUT2D eigenvalue weighted by molar-refractivity contribution is 6.11. The summed E-state index contributed by atoms with van der Waals surface area (Å²) in [5.74, 6) is -2.10. The summed E-state index contributed by atoms with van der Waals surface area (Å²) < 4.78 is 46.4. The molecule has 2 aliphatic heterocycles. The largest absolute Gasteiger partial charge is 0.511 e. The van der Waals surface area contributed by atoms with Crippen LogP contribution in [-0.2, 0) is 10.9 Å². The monoisotopic (exact) mass is 470 g/mol. The molecule has 33 heavy (non-hydrogen) atoms. The van der Waals surface area contributed by atoms with Crippen LogP contribution in [0.25, 0.3) is 0 Å². The second kappa shape index (κ2) is 8.27. The number of amides is 3. The predicted molar refractivity (Wildman–Crippen MR) is 109 cm³/mol. The van der Waals surface area contributed by atoms with Crippen molar-refractivity contribution in [2.24, 2.45) is 16.5 Å². The zero-order chi connectivity index (χ0) is 24.7. The Balaban J connectivity index is 2.27. The lowest BCUT2D eigenvalue weighted by Gasteiger charge is -2.38. The molecule has 2 heterocycles. The molecule has 0 bridgehead atoms. The number of para-hydroxylation sites is 1. The SMILES string of the molecule is CCC1(C)CN(C2=NC=C(OC(=O)O)C(N)N2c2c(C(N)=O)cccc2C(F)(F)F)C(=O)N1. The van der Waals surface area contributed by atoms with Gasteiger partial charge in [0.25, 0.3) is 5.91 Å². The van der Waals surface area contributed by atoms with E-state index in [1.807, 2.05) is 0 Å². The number of rotatable bonds is 4. The van der Waals surface area contributed by atoms with Gasteiger partial charge in [-0.1, -0.05) is 13.0 Å². The van der Waals surface area contributed by atoms with E-state index in [0.29, 0.717) is 12.5 Å². The number of aliphatic imine (C=N–C) groups is 1. The Morgan fingerprint density at radius 2 is 2.06 bits per heavy atom. The van der Waals surface area contributed by atoms with Crippen LogP contribution in [-0.4, -0.2) is 52.3 Å². The molecule has 3 rings (SSSR count). The van der Waals surface area contributed by atoms with Gasteiger partial charge in [0, 0.05) is 0 Å². The fraction of sp³-hybridized carbons (Fsp3) is 0.368. The van der Waals surface area contributed by atoms with Crippen molar-refractivity contribution in [3.05, 3.63) is 41.3 Å². The third kappa shape index (κ3) is 4.41. The summed E-state index contributed by atoms with van der Waals surface area (Å²) in [4.78, 5) is 41.6. The predicted octanol–water partition coefficient (Wildman–Crippen LogP) is 2.00. The maximum Gasteiger partial charge on any atom is 0.511 e. The van der Waals surface area contributed by atoms with Crippen LogP contribution in [0.15, 0.2) is 35.2 Å². The topological polar surface area (TPSA) is 164 Å². The molecule has 11 nitrogen and oxygen atoms in total. The lowest BCUT2D eigenvalue weighted by atomic mass is 10.0. The Kier molecular flexibility index (Phi) is 5.98. The van der Waals surface area contributed by atoms with Crippen LogP contribution in [0, 0.1) is 0 Å². The molecule has 0 spiro atoms. The number of carboxylic acid groups (broad SMARTS) is 1. The molecule has 1 saturated heterocycles. The van der Waals surface area contributed by atoms with Crippen LogP contribution in [0.2, 0.25) is 0 Å². The summed E-state index contributed by atoms with van der Waals surface area (Å²) in [6.07, 6.45) is -7.07. The Bertz CT molecular complexity index is 1070. The van der Waals surface area contributed by atoms with Crippen LogP contribution in [0.4, 0.5) is 28.4 Å². The average molecular weight is 470 g/mol. The van der Waals surface area contributed by atoms with Gasteiger partial charge in [-0.05, 0) is 25.5 Å². The fourth-order valence-electron chi connectivity index (χ4n) is 3.52. The Labute approximate surface area is 185 Å². The van der Waals surface area contributed by atoms with Gasteiger partial charge in [-0.2, -0.15) is 13.2 Å². The maximum atomic E-state index is 13.9. The van der Waals surface area contributed by atoms with Gasteiger partial charge < -0.3 is 26.6 Å². The molecule has 0 aromatic heterocycles. The molecule has 2 unspecified atom stereocenters.